The van der Waals surface area contributed by atoms with Crippen molar-refractivity contribution >= 4 is 14.3 Å². The van der Waals surface area contributed by atoms with Crippen molar-refractivity contribution in [2.45, 2.75) is 20.0 Å². The lowest BCUT2D eigenvalue weighted by molar-refractivity contribution is -0.139. The van der Waals surface area contributed by atoms with Gasteiger partial charge in [0.15, 0.2) is 0 Å². The van der Waals surface area contributed by atoms with Crippen molar-refractivity contribution in [1.82, 2.24) is 0 Å². The Morgan fingerprint density at radius 2 is 2.00 bits per heavy atom. The standard InChI is InChI=1S/C10H18O3Si/c1-6-14(4,5)13-8-7-12-10(11)9(2)3/h6H,1-2,7-8H2,3-5H3. The van der Waals surface area contributed by atoms with Gasteiger partial charge < -0.3 is 9.16 Å². The molecule has 0 fully saturated rings. The highest BCUT2D eigenvalue weighted by Gasteiger charge is 2.16. The average Bonchev–Trinajstić information content (AvgIpc) is 2.12. The summed E-state index contributed by atoms with van der Waals surface area (Å²) in [5.74, 6) is -0.369. The fourth-order valence-corrected chi connectivity index (χ4v) is 1.35. The van der Waals surface area contributed by atoms with E-state index in [1.165, 1.54) is 0 Å². The van der Waals surface area contributed by atoms with Gasteiger partial charge >= 0.3 is 5.97 Å². The molecule has 80 valence electrons. The van der Waals surface area contributed by atoms with E-state index in [0.717, 1.165) is 0 Å². The van der Waals surface area contributed by atoms with Crippen LogP contribution in [0.2, 0.25) is 13.1 Å². The quantitative estimate of drug-likeness (QED) is 0.294. The van der Waals surface area contributed by atoms with Crippen LogP contribution in [0.1, 0.15) is 6.92 Å². The molecule has 0 spiro atoms. The predicted molar refractivity (Wildman–Crippen MR) is 59.4 cm³/mol. The minimum Gasteiger partial charge on any atom is -0.460 e. The van der Waals surface area contributed by atoms with Crippen molar-refractivity contribution < 1.29 is 14.0 Å². The van der Waals surface area contributed by atoms with Gasteiger partial charge in [0.1, 0.15) is 6.61 Å². The molecule has 0 saturated carbocycles. The predicted octanol–water partition coefficient (Wildman–Crippen LogP) is 2.05. The summed E-state index contributed by atoms with van der Waals surface area (Å²) >= 11 is 0. The molecule has 3 nitrogen and oxygen atoms in total. The first kappa shape index (κ1) is 13.1. The maximum absolute atomic E-state index is 11.0. The summed E-state index contributed by atoms with van der Waals surface area (Å²) < 4.78 is 10.4. The number of carbonyl (C=O) groups excluding carboxylic acids is 1. The molecule has 0 unspecified atom stereocenters. The van der Waals surface area contributed by atoms with Crippen LogP contribution in [-0.4, -0.2) is 27.5 Å². The molecule has 0 aromatic carbocycles. The van der Waals surface area contributed by atoms with E-state index in [4.69, 9.17) is 9.16 Å². The van der Waals surface area contributed by atoms with Crippen molar-refractivity contribution in [1.29, 1.82) is 0 Å². The number of esters is 1. The normalized spacial score (nSPS) is 10.8. The molecule has 0 atom stereocenters. The minimum absolute atomic E-state index is 0.274. The van der Waals surface area contributed by atoms with Gasteiger partial charge in [-0.2, -0.15) is 0 Å². The van der Waals surface area contributed by atoms with E-state index in [9.17, 15) is 4.79 Å². The summed E-state index contributed by atoms with van der Waals surface area (Å²) in [6, 6.07) is 0. The highest BCUT2D eigenvalue weighted by molar-refractivity contribution is 6.76. The van der Waals surface area contributed by atoms with Crippen LogP contribution in [0.3, 0.4) is 0 Å². The zero-order chi connectivity index (χ0) is 11.2. The van der Waals surface area contributed by atoms with Gasteiger partial charge in [0.25, 0.3) is 0 Å². The lowest BCUT2D eigenvalue weighted by Gasteiger charge is -2.17. The van der Waals surface area contributed by atoms with E-state index < -0.39 is 8.32 Å². The third-order valence-corrected chi connectivity index (χ3v) is 3.56. The van der Waals surface area contributed by atoms with Gasteiger partial charge in [0, 0.05) is 5.57 Å². The topological polar surface area (TPSA) is 35.5 Å². The Morgan fingerprint density at radius 3 is 2.43 bits per heavy atom. The molecule has 0 N–H and O–H groups in total. The van der Waals surface area contributed by atoms with Gasteiger partial charge in [-0.3, -0.25) is 0 Å². The molecular weight excluding hydrogens is 196 g/mol. The van der Waals surface area contributed by atoms with Crippen LogP contribution < -0.4 is 0 Å². The summed E-state index contributed by atoms with van der Waals surface area (Å²) in [4.78, 5) is 11.0. The van der Waals surface area contributed by atoms with Crippen LogP contribution in [0.4, 0.5) is 0 Å². The van der Waals surface area contributed by atoms with Gasteiger partial charge in [-0.25, -0.2) is 4.79 Å². The van der Waals surface area contributed by atoms with E-state index >= 15 is 0 Å². The van der Waals surface area contributed by atoms with E-state index in [-0.39, 0.29) is 12.6 Å². The highest BCUT2D eigenvalue weighted by atomic mass is 28.4. The summed E-state index contributed by atoms with van der Waals surface area (Å²) in [5.41, 5.74) is 2.25. The number of ether oxygens (including phenoxy) is 1. The third kappa shape index (κ3) is 5.72. The first-order valence-electron chi connectivity index (χ1n) is 4.49. The van der Waals surface area contributed by atoms with Crippen molar-refractivity contribution in [2.24, 2.45) is 0 Å². The Labute approximate surface area is 86.5 Å². The van der Waals surface area contributed by atoms with Crippen LogP contribution in [0.5, 0.6) is 0 Å². The molecule has 0 aromatic heterocycles. The largest absolute Gasteiger partial charge is 0.460 e. The number of carbonyl (C=O) groups is 1. The summed E-state index contributed by atoms with van der Waals surface area (Å²) in [5, 5.41) is 0. The Kier molecular flexibility index (Phi) is 5.41. The first-order valence-corrected chi connectivity index (χ1v) is 7.48. The van der Waals surface area contributed by atoms with Crippen LogP contribution in [-0.2, 0) is 14.0 Å². The Balaban J connectivity index is 3.62. The Hall–Kier alpha value is -0.873. The minimum atomic E-state index is -1.73. The summed E-state index contributed by atoms with van der Waals surface area (Å²) in [6.07, 6.45) is 0. The molecule has 14 heavy (non-hydrogen) atoms. The average molecular weight is 214 g/mol. The van der Waals surface area contributed by atoms with Gasteiger partial charge in [-0.1, -0.05) is 12.3 Å². The second-order valence-electron chi connectivity index (χ2n) is 3.57. The number of hydrogen-bond acceptors (Lipinski definition) is 3. The van der Waals surface area contributed by atoms with Crippen molar-refractivity contribution in [2.75, 3.05) is 13.2 Å². The highest BCUT2D eigenvalue weighted by Crippen LogP contribution is 2.04. The Bertz CT molecular complexity index is 234. The lowest BCUT2D eigenvalue weighted by atomic mass is 10.4. The second kappa shape index (κ2) is 5.77. The maximum Gasteiger partial charge on any atom is 0.333 e. The summed E-state index contributed by atoms with van der Waals surface area (Å²) in [7, 11) is -1.73. The smallest absolute Gasteiger partial charge is 0.333 e. The molecule has 0 aliphatic carbocycles. The molecule has 0 amide bonds. The molecular formula is C10H18O3Si. The molecule has 0 radical (unpaired) electrons. The fourth-order valence-electron chi connectivity index (χ4n) is 0.621. The van der Waals surface area contributed by atoms with Crippen LogP contribution in [0.15, 0.2) is 24.4 Å². The van der Waals surface area contributed by atoms with Gasteiger partial charge in [-0.15, -0.1) is 6.58 Å². The molecule has 4 heteroatoms. The van der Waals surface area contributed by atoms with E-state index in [2.05, 4.69) is 13.2 Å². The van der Waals surface area contributed by atoms with E-state index in [0.29, 0.717) is 12.2 Å². The molecule has 0 saturated heterocycles. The zero-order valence-corrected chi connectivity index (χ0v) is 10.1. The lowest BCUT2D eigenvalue weighted by Crippen LogP contribution is -2.29. The number of hydrogen-bond donors (Lipinski definition) is 0. The third-order valence-electron chi connectivity index (χ3n) is 1.63. The molecule has 0 aromatic rings. The summed E-state index contributed by atoms with van der Waals surface area (Å²) in [6.45, 7) is 13.5. The molecule has 0 heterocycles. The fraction of sp³-hybridized carbons (Fsp3) is 0.500. The molecule has 0 rings (SSSR count). The SMILES string of the molecule is C=C[Si](C)(C)OCCOC(=O)C(=C)C. The monoisotopic (exact) mass is 214 g/mol. The Morgan fingerprint density at radius 1 is 1.43 bits per heavy atom. The van der Waals surface area contributed by atoms with Crippen molar-refractivity contribution in [3.8, 4) is 0 Å². The van der Waals surface area contributed by atoms with Gasteiger partial charge in [-0.05, 0) is 20.0 Å². The van der Waals surface area contributed by atoms with Crippen LogP contribution in [0.25, 0.3) is 0 Å². The van der Waals surface area contributed by atoms with Crippen LogP contribution >= 0.6 is 0 Å². The van der Waals surface area contributed by atoms with Gasteiger partial charge in [0.2, 0.25) is 8.32 Å². The molecule has 0 aliphatic heterocycles. The molecule has 0 aliphatic rings. The first-order chi connectivity index (χ1) is 6.39. The van der Waals surface area contributed by atoms with Crippen LogP contribution in [0, 0.1) is 0 Å². The van der Waals surface area contributed by atoms with Crippen molar-refractivity contribution in [3.63, 3.8) is 0 Å². The number of rotatable bonds is 6. The maximum atomic E-state index is 11.0. The van der Waals surface area contributed by atoms with Crippen molar-refractivity contribution in [3.05, 3.63) is 24.4 Å². The second-order valence-corrected chi connectivity index (χ2v) is 7.48. The van der Waals surface area contributed by atoms with Gasteiger partial charge in [0.05, 0.1) is 6.61 Å². The van der Waals surface area contributed by atoms with E-state index in [1.54, 1.807) is 6.92 Å². The van der Waals surface area contributed by atoms with E-state index in [1.807, 2.05) is 18.8 Å². The zero-order valence-electron chi connectivity index (χ0n) is 9.13. The molecule has 0 bridgehead atoms.